The predicted molar refractivity (Wildman–Crippen MR) is 61.9 cm³/mol. The summed E-state index contributed by atoms with van der Waals surface area (Å²) in [5.74, 6) is -0.264. The summed E-state index contributed by atoms with van der Waals surface area (Å²) in [6.45, 7) is 1.25. The summed E-state index contributed by atoms with van der Waals surface area (Å²) in [5.41, 5.74) is 5.67. The van der Waals surface area contributed by atoms with Crippen molar-refractivity contribution in [1.29, 1.82) is 0 Å². The van der Waals surface area contributed by atoms with Crippen molar-refractivity contribution in [1.82, 2.24) is 0 Å². The largest absolute Gasteiger partial charge is 0.573 e. The third-order valence-corrected chi connectivity index (χ3v) is 2.27. The van der Waals surface area contributed by atoms with Crippen LogP contribution in [-0.4, -0.2) is 25.7 Å². The van der Waals surface area contributed by atoms with Crippen molar-refractivity contribution >= 4 is 0 Å². The molecule has 7 heteroatoms. The van der Waals surface area contributed by atoms with Crippen LogP contribution in [0.3, 0.4) is 0 Å². The monoisotopic (exact) mass is 281 g/mol. The van der Waals surface area contributed by atoms with Gasteiger partial charge in [0.2, 0.25) is 0 Å². The van der Waals surface area contributed by atoms with Gasteiger partial charge in [0.05, 0.1) is 0 Å². The van der Waals surface area contributed by atoms with Gasteiger partial charge in [-0.2, -0.15) is 0 Å². The van der Waals surface area contributed by atoms with Gasteiger partial charge in [-0.3, -0.25) is 0 Å². The van der Waals surface area contributed by atoms with Crippen LogP contribution in [0.2, 0.25) is 0 Å². The number of hydrogen-bond acceptors (Lipinski definition) is 3. The average molecular weight is 281 g/mol. The van der Waals surface area contributed by atoms with Crippen molar-refractivity contribution < 1.29 is 27.0 Å². The Morgan fingerprint density at radius 3 is 2.37 bits per heavy atom. The summed E-state index contributed by atoms with van der Waals surface area (Å²) in [5, 5.41) is 0. The molecule has 19 heavy (non-hydrogen) atoms. The summed E-state index contributed by atoms with van der Waals surface area (Å²) in [6.07, 6.45) is -5.64. The second kappa shape index (κ2) is 6.60. The van der Waals surface area contributed by atoms with Gasteiger partial charge in [-0.15, -0.1) is 13.2 Å². The Hall–Kier alpha value is -1.50. The van der Waals surface area contributed by atoms with Gasteiger partial charge >= 0.3 is 6.36 Å². The van der Waals surface area contributed by atoms with E-state index in [0.29, 0.717) is 12.0 Å². The number of aryl methyl sites for hydroxylation is 1. The smallest absolute Gasteiger partial charge is 0.490 e. The molecule has 108 valence electrons. The molecule has 0 saturated carbocycles. The first-order valence-corrected chi connectivity index (χ1v) is 5.70. The molecule has 0 heterocycles. The van der Waals surface area contributed by atoms with Crippen LogP contribution in [0.25, 0.3) is 0 Å². The Bertz CT molecular complexity index is 409. The topological polar surface area (TPSA) is 44.5 Å². The molecule has 0 fully saturated rings. The summed E-state index contributed by atoms with van der Waals surface area (Å²) in [4.78, 5) is 0. The Labute approximate surface area is 108 Å². The maximum atomic E-state index is 12.9. The number of nitrogens with two attached hydrogens (primary N) is 1. The summed E-state index contributed by atoms with van der Waals surface area (Å²) < 4.78 is 58.2. The first kappa shape index (κ1) is 15.6. The molecule has 0 aliphatic rings. The van der Waals surface area contributed by atoms with Gasteiger partial charge < -0.3 is 15.2 Å². The van der Waals surface area contributed by atoms with E-state index in [-0.39, 0.29) is 24.7 Å². The first-order valence-electron chi connectivity index (χ1n) is 5.70. The van der Waals surface area contributed by atoms with Gasteiger partial charge in [0.25, 0.3) is 0 Å². The normalized spacial score (nSPS) is 13.2. The fourth-order valence-corrected chi connectivity index (χ4v) is 1.37. The van der Waals surface area contributed by atoms with Crippen LogP contribution >= 0.6 is 0 Å². The highest BCUT2D eigenvalue weighted by atomic mass is 19.4. The van der Waals surface area contributed by atoms with Crippen molar-refractivity contribution in [3.05, 3.63) is 23.8 Å². The minimum Gasteiger partial charge on any atom is -0.490 e. The standard InChI is InChI=1S/C12H15F4NO2/c1-2-8-3-10(18-7-9(13)6-17)5-11(4-8)19-12(14,15)16/h3-5,9H,2,6-7,17H2,1H3/t9-/m1/s1. The Morgan fingerprint density at radius 1 is 1.21 bits per heavy atom. The molecule has 1 aromatic rings. The molecule has 0 aliphatic heterocycles. The van der Waals surface area contributed by atoms with Crippen LogP contribution in [0.5, 0.6) is 11.5 Å². The molecule has 1 atom stereocenters. The lowest BCUT2D eigenvalue weighted by Gasteiger charge is -2.13. The highest BCUT2D eigenvalue weighted by molar-refractivity contribution is 5.38. The van der Waals surface area contributed by atoms with E-state index in [0.717, 1.165) is 6.07 Å². The molecule has 0 spiro atoms. The maximum Gasteiger partial charge on any atom is 0.573 e. The quantitative estimate of drug-likeness (QED) is 0.815. The maximum absolute atomic E-state index is 12.9. The molecule has 0 aromatic heterocycles. The summed E-state index contributed by atoms with van der Waals surface area (Å²) in [7, 11) is 0. The van der Waals surface area contributed by atoms with E-state index in [1.165, 1.54) is 12.1 Å². The molecular formula is C12H15F4NO2. The van der Waals surface area contributed by atoms with Crippen LogP contribution in [0, 0.1) is 0 Å². The van der Waals surface area contributed by atoms with Gasteiger partial charge in [-0.05, 0) is 24.1 Å². The van der Waals surface area contributed by atoms with Gasteiger partial charge in [0.1, 0.15) is 24.3 Å². The van der Waals surface area contributed by atoms with Crippen LogP contribution in [0.4, 0.5) is 17.6 Å². The van der Waals surface area contributed by atoms with Gasteiger partial charge in [-0.1, -0.05) is 6.92 Å². The number of ether oxygens (including phenoxy) is 2. The van der Waals surface area contributed by atoms with Crippen molar-refractivity contribution in [2.45, 2.75) is 25.9 Å². The molecule has 0 saturated heterocycles. The Balaban J connectivity index is 2.83. The zero-order valence-electron chi connectivity index (χ0n) is 10.3. The zero-order valence-corrected chi connectivity index (χ0v) is 10.3. The van der Waals surface area contributed by atoms with E-state index in [2.05, 4.69) is 4.74 Å². The lowest BCUT2D eigenvalue weighted by atomic mass is 10.1. The lowest BCUT2D eigenvalue weighted by Crippen LogP contribution is -2.22. The molecule has 0 aliphatic carbocycles. The minimum absolute atomic E-state index is 0.120. The second-order valence-electron chi connectivity index (χ2n) is 3.86. The Kier molecular flexibility index (Phi) is 5.41. The SMILES string of the molecule is CCc1cc(OC[C@H](F)CN)cc(OC(F)(F)F)c1. The molecule has 0 amide bonds. The van der Waals surface area contributed by atoms with Gasteiger partial charge in [-0.25, -0.2) is 4.39 Å². The minimum atomic E-state index is -4.77. The average Bonchev–Trinajstić information content (AvgIpc) is 2.33. The molecule has 0 bridgehead atoms. The third kappa shape index (κ3) is 5.78. The summed E-state index contributed by atoms with van der Waals surface area (Å²) in [6, 6.07) is 3.86. The van der Waals surface area contributed by atoms with Gasteiger partial charge in [0, 0.05) is 12.6 Å². The number of benzene rings is 1. The Morgan fingerprint density at radius 2 is 1.84 bits per heavy atom. The predicted octanol–water partition coefficient (Wildman–Crippen LogP) is 2.82. The number of halogens is 4. The van der Waals surface area contributed by atoms with E-state index in [4.69, 9.17) is 10.5 Å². The lowest BCUT2D eigenvalue weighted by molar-refractivity contribution is -0.274. The molecule has 1 aromatic carbocycles. The van der Waals surface area contributed by atoms with E-state index in [9.17, 15) is 17.6 Å². The van der Waals surface area contributed by atoms with Crippen molar-refractivity contribution in [3.63, 3.8) is 0 Å². The zero-order chi connectivity index (χ0) is 14.5. The van der Waals surface area contributed by atoms with Crippen LogP contribution in [-0.2, 0) is 6.42 Å². The highest BCUT2D eigenvalue weighted by Gasteiger charge is 2.31. The fraction of sp³-hybridized carbons (Fsp3) is 0.500. The van der Waals surface area contributed by atoms with Gasteiger partial charge in [0.15, 0.2) is 0 Å². The number of alkyl halides is 4. The van der Waals surface area contributed by atoms with E-state index in [1.54, 1.807) is 6.92 Å². The second-order valence-corrected chi connectivity index (χ2v) is 3.86. The molecule has 0 radical (unpaired) electrons. The molecule has 0 unspecified atom stereocenters. The van der Waals surface area contributed by atoms with E-state index < -0.39 is 12.5 Å². The van der Waals surface area contributed by atoms with E-state index in [1.807, 2.05) is 0 Å². The van der Waals surface area contributed by atoms with Crippen molar-refractivity contribution in [2.24, 2.45) is 5.73 Å². The van der Waals surface area contributed by atoms with Crippen LogP contribution in [0.1, 0.15) is 12.5 Å². The summed E-state index contributed by atoms with van der Waals surface area (Å²) >= 11 is 0. The number of hydrogen-bond donors (Lipinski definition) is 1. The van der Waals surface area contributed by atoms with Crippen molar-refractivity contribution in [3.8, 4) is 11.5 Å². The van der Waals surface area contributed by atoms with Crippen LogP contribution in [0.15, 0.2) is 18.2 Å². The molecule has 3 nitrogen and oxygen atoms in total. The third-order valence-electron chi connectivity index (χ3n) is 2.27. The van der Waals surface area contributed by atoms with Crippen molar-refractivity contribution in [2.75, 3.05) is 13.2 Å². The molecule has 2 N–H and O–H groups in total. The highest BCUT2D eigenvalue weighted by Crippen LogP contribution is 2.28. The van der Waals surface area contributed by atoms with Crippen LogP contribution < -0.4 is 15.2 Å². The molecule has 1 rings (SSSR count). The first-order chi connectivity index (χ1) is 8.84. The number of rotatable bonds is 6. The van der Waals surface area contributed by atoms with E-state index >= 15 is 0 Å². The fourth-order valence-electron chi connectivity index (χ4n) is 1.37. The molecular weight excluding hydrogens is 266 g/mol.